The summed E-state index contributed by atoms with van der Waals surface area (Å²) >= 11 is 6.57. The predicted octanol–water partition coefficient (Wildman–Crippen LogP) is 4.68. The van der Waals surface area contributed by atoms with Crippen molar-refractivity contribution in [2.24, 2.45) is 5.73 Å². The summed E-state index contributed by atoms with van der Waals surface area (Å²) in [7, 11) is -4.10. The van der Waals surface area contributed by atoms with Crippen molar-refractivity contribution < 1.29 is 22.7 Å². The quantitative estimate of drug-likeness (QED) is 0.186. The maximum atomic E-state index is 13.3. The fraction of sp³-hybridized carbons (Fsp3) is 0.448. The highest BCUT2D eigenvalue weighted by Crippen LogP contribution is 2.33. The van der Waals surface area contributed by atoms with E-state index in [4.69, 9.17) is 32.2 Å². The molecular formula is C29H39ClN4O5S. The van der Waals surface area contributed by atoms with Crippen LogP contribution >= 0.6 is 11.6 Å². The van der Waals surface area contributed by atoms with E-state index in [-0.39, 0.29) is 25.1 Å². The molecule has 0 radical (unpaired) electrons. The zero-order valence-electron chi connectivity index (χ0n) is 23.1. The van der Waals surface area contributed by atoms with Gasteiger partial charge in [-0.25, -0.2) is 8.42 Å². The minimum Gasteiger partial charge on any atom is -0.489 e. The molecule has 9 nitrogen and oxygen atoms in total. The van der Waals surface area contributed by atoms with Crippen LogP contribution in [0.5, 0.6) is 5.75 Å². The third-order valence-electron chi connectivity index (χ3n) is 6.58. The van der Waals surface area contributed by atoms with Crippen molar-refractivity contribution in [3.8, 4) is 5.75 Å². The third kappa shape index (κ3) is 9.25. The topological polar surface area (TPSA) is 126 Å². The molecule has 0 aromatic heterocycles. The van der Waals surface area contributed by atoms with Crippen molar-refractivity contribution >= 4 is 45.2 Å². The minimum atomic E-state index is -4.10. The normalized spacial score (nSPS) is 14.8. The standard InChI is InChI=1S/C29H39ClN4O5S/c1-3-5-15-33-17-13-25(14-18-33)39-27-12-11-24(20-26(27)30)34(40(36,37)21-28(35)38-4-2)16-7-9-22-8-6-10-23(19-22)29(31)32/h6-12,19-20,25H,3-5,13-18,21H2,1-2H3,(H3,31,32)/b9-7+. The summed E-state index contributed by atoms with van der Waals surface area (Å²) in [5.41, 5.74) is 7.19. The van der Waals surface area contributed by atoms with Gasteiger partial charge in [-0.15, -0.1) is 0 Å². The number of hydrogen-bond acceptors (Lipinski definition) is 7. The smallest absolute Gasteiger partial charge is 0.323 e. The monoisotopic (exact) mass is 590 g/mol. The lowest BCUT2D eigenvalue weighted by atomic mass is 10.1. The number of esters is 1. The highest BCUT2D eigenvalue weighted by Gasteiger charge is 2.27. The number of sulfonamides is 1. The number of ether oxygens (including phenoxy) is 2. The van der Waals surface area contributed by atoms with Gasteiger partial charge in [-0.2, -0.15) is 0 Å². The van der Waals surface area contributed by atoms with Crippen LogP contribution in [0.15, 0.2) is 48.5 Å². The van der Waals surface area contributed by atoms with Crippen molar-refractivity contribution in [2.75, 3.05) is 42.8 Å². The first-order chi connectivity index (χ1) is 19.1. The largest absolute Gasteiger partial charge is 0.489 e. The number of rotatable bonds is 14. The van der Waals surface area contributed by atoms with E-state index in [1.807, 2.05) is 6.07 Å². The fourth-order valence-corrected chi connectivity index (χ4v) is 5.96. The summed E-state index contributed by atoms with van der Waals surface area (Å²) < 4.78 is 38.8. The molecule has 11 heteroatoms. The van der Waals surface area contributed by atoms with Crippen LogP contribution in [0.3, 0.4) is 0 Å². The molecule has 0 unspecified atom stereocenters. The number of nitrogens with one attached hydrogen (secondary N) is 1. The SMILES string of the molecule is CCCCN1CCC(Oc2ccc(N(C/C=C/c3cccc(C(=N)N)c3)S(=O)(=O)CC(=O)OCC)cc2Cl)CC1. The summed E-state index contributed by atoms with van der Waals surface area (Å²) in [5, 5.41) is 7.91. The molecule has 0 aliphatic carbocycles. The summed E-state index contributed by atoms with van der Waals surface area (Å²) in [6, 6.07) is 11.9. The van der Waals surface area contributed by atoms with E-state index >= 15 is 0 Å². The van der Waals surface area contributed by atoms with Crippen LogP contribution in [0.1, 0.15) is 50.7 Å². The number of amidine groups is 1. The van der Waals surface area contributed by atoms with E-state index in [0.717, 1.165) is 42.3 Å². The first-order valence-corrected chi connectivity index (χ1v) is 15.6. The Morgan fingerprint density at radius 2 is 1.95 bits per heavy atom. The van der Waals surface area contributed by atoms with Gasteiger partial charge in [-0.1, -0.05) is 55.3 Å². The van der Waals surface area contributed by atoms with Crippen LogP contribution in [-0.4, -0.2) is 69.8 Å². The summed E-state index contributed by atoms with van der Waals surface area (Å²) in [5.74, 6) is -1.20. The average molecular weight is 591 g/mol. The van der Waals surface area contributed by atoms with Gasteiger partial charge in [-0.3, -0.25) is 14.5 Å². The number of unbranched alkanes of at least 4 members (excludes halogenated alkanes) is 1. The van der Waals surface area contributed by atoms with Gasteiger partial charge in [0, 0.05) is 18.7 Å². The Morgan fingerprint density at radius 1 is 1.20 bits per heavy atom. The molecular weight excluding hydrogens is 552 g/mol. The molecule has 40 heavy (non-hydrogen) atoms. The van der Waals surface area contributed by atoms with Gasteiger partial charge in [0.05, 0.1) is 23.9 Å². The van der Waals surface area contributed by atoms with E-state index in [0.29, 0.717) is 22.0 Å². The highest BCUT2D eigenvalue weighted by atomic mass is 35.5. The maximum Gasteiger partial charge on any atom is 0.323 e. The first-order valence-electron chi connectivity index (χ1n) is 13.6. The molecule has 0 spiro atoms. The van der Waals surface area contributed by atoms with Gasteiger partial charge in [0.2, 0.25) is 10.0 Å². The number of halogens is 1. The number of nitrogen functional groups attached to an aromatic ring is 1. The molecule has 2 aromatic rings. The number of carbonyl (C=O) groups excluding carboxylic acids is 1. The molecule has 0 saturated carbocycles. The van der Waals surface area contributed by atoms with Gasteiger partial charge in [0.1, 0.15) is 17.7 Å². The van der Waals surface area contributed by atoms with Crippen molar-refractivity contribution in [1.29, 1.82) is 5.41 Å². The van der Waals surface area contributed by atoms with E-state index < -0.39 is 21.7 Å². The van der Waals surface area contributed by atoms with Crippen molar-refractivity contribution in [3.05, 3.63) is 64.7 Å². The van der Waals surface area contributed by atoms with E-state index in [9.17, 15) is 13.2 Å². The van der Waals surface area contributed by atoms with Crippen LogP contribution in [-0.2, 0) is 19.6 Å². The zero-order chi connectivity index (χ0) is 29.1. The number of piperidine rings is 1. The Balaban J connectivity index is 1.78. The molecule has 1 saturated heterocycles. The second-order valence-electron chi connectivity index (χ2n) is 9.66. The Hall–Kier alpha value is -3.08. The van der Waals surface area contributed by atoms with Crippen LogP contribution in [0.2, 0.25) is 5.02 Å². The molecule has 0 amide bonds. The van der Waals surface area contributed by atoms with Gasteiger partial charge >= 0.3 is 5.97 Å². The van der Waals surface area contributed by atoms with Crippen molar-refractivity contribution in [1.82, 2.24) is 4.90 Å². The summed E-state index contributed by atoms with van der Waals surface area (Å²) in [6.07, 6.45) is 7.59. The molecule has 0 atom stereocenters. The summed E-state index contributed by atoms with van der Waals surface area (Å²) in [4.78, 5) is 14.5. The second-order valence-corrected chi connectivity index (χ2v) is 12.0. The van der Waals surface area contributed by atoms with Gasteiger partial charge < -0.3 is 20.1 Å². The average Bonchev–Trinajstić information content (AvgIpc) is 2.91. The second kappa shape index (κ2) is 15.1. The maximum absolute atomic E-state index is 13.3. The number of benzene rings is 2. The number of likely N-dealkylation sites (tertiary alicyclic amines) is 1. The Kier molecular flexibility index (Phi) is 11.8. The Bertz CT molecular complexity index is 1290. The number of nitrogens with zero attached hydrogens (tertiary/aromatic N) is 2. The molecule has 1 aliphatic heterocycles. The predicted molar refractivity (Wildman–Crippen MR) is 161 cm³/mol. The Labute approximate surface area is 242 Å². The fourth-order valence-electron chi connectivity index (χ4n) is 4.46. The van der Waals surface area contributed by atoms with Crippen LogP contribution in [0, 0.1) is 5.41 Å². The molecule has 218 valence electrons. The number of nitrogens with two attached hydrogens (primary N) is 1. The van der Waals surface area contributed by atoms with Crippen molar-refractivity contribution in [3.63, 3.8) is 0 Å². The number of carbonyl (C=O) groups is 1. The van der Waals surface area contributed by atoms with E-state index in [1.165, 1.54) is 12.8 Å². The van der Waals surface area contributed by atoms with Gasteiger partial charge in [0.15, 0.2) is 5.75 Å². The van der Waals surface area contributed by atoms with Crippen LogP contribution in [0.25, 0.3) is 6.08 Å². The van der Waals surface area contributed by atoms with E-state index in [1.54, 1.807) is 55.5 Å². The summed E-state index contributed by atoms with van der Waals surface area (Å²) in [6.45, 7) is 6.88. The van der Waals surface area contributed by atoms with Crippen LogP contribution in [0.4, 0.5) is 5.69 Å². The molecule has 1 aliphatic rings. The van der Waals surface area contributed by atoms with Crippen LogP contribution < -0.4 is 14.8 Å². The lowest BCUT2D eigenvalue weighted by Gasteiger charge is -2.32. The molecule has 2 aromatic carbocycles. The third-order valence-corrected chi connectivity index (χ3v) is 8.51. The Morgan fingerprint density at radius 3 is 2.60 bits per heavy atom. The highest BCUT2D eigenvalue weighted by molar-refractivity contribution is 7.93. The molecule has 3 rings (SSSR count). The number of hydrogen-bond donors (Lipinski definition) is 2. The molecule has 3 N–H and O–H groups in total. The van der Waals surface area contributed by atoms with Crippen molar-refractivity contribution in [2.45, 2.75) is 45.6 Å². The van der Waals surface area contributed by atoms with Gasteiger partial charge in [-0.05, 0) is 62.6 Å². The lowest BCUT2D eigenvalue weighted by molar-refractivity contribution is -0.139. The number of anilines is 1. The molecule has 0 bridgehead atoms. The first kappa shape index (κ1) is 31.4. The minimum absolute atomic E-state index is 0.0403. The molecule has 1 fully saturated rings. The van der Waals surface area contributed by atoms with Gasteiger partial charge in [0.25, 0.3) is 0 Å². The van der Waals surface area contributed by atoms with E-state index in [2.05, 4.69) is 11.8 Å². The lowest BCUT2D eigenvalue weighted by Crippen LogP contribution is -2.38. The molecule has 1 heterocycles. The zero-order valence-corrected chi connectivity index (χ0v) is 24.7.